The van der Waals surface area contributed by atoms with Gasteiger partial charge in [0.25, 0.3) is 0 Å². The summed E-state index contributed by atoms with van der Waals surface area (Å²) >= 11 is 0. The van der Waals surface area contributed by atoms with Crippen LogP contribution >= 0.6 is 12.4 Å². The normalized spacial score (nSPS) is 23.2. The van der Waals surface area contributed by atoms with Crippen molar-refractivity contribution in [2.45, 2.75) is 45.0 Å². The molecule has 0 saturated carbocycles. The monoisotopic (exact) mass is 396 g/mol. The predicted octanol–water partition coefficient (Wildman–Crippen LogP) is 3.78. The van der Waals surface area contributed by atoms with Crippen LogP contribution in [0.15, 0.2) is 0 Å². The summed E-state index contributed by atoms with van der Waals surface area (Å²) < 4.78 is 78.2. The van der Waals surface area contributed by atoms with Crippen LogP contribution in [-0.2, 0) is 4.79 Å². The summed E-state index contributed by atoms with van der Waals surface area (Å²) in [5, 5.41) is 3.18. The van der Waals surface area contributed by atoms with Gasteiger partial charge < -0.3 is 10.2 Å². The number of rotatable bonds is 3. The highest BCUT2D eigenvalue weighted by atomic mass is 35.5. The number of likely N-dealkylation sites (tertiary alicyclic amines) is 1. The minimum Gasteiger partial charge on any atom is -0.341 e. The van der Waals surface area contributed by atoms with Gasteiger partial charge in [0.2, 0.25) is 5.91 Å². The van der Waals surface area contributed by atoms with Crippen molar-refractivity contribution in [3.8, 4) is 0 Å². The summed E-state index contributed by atoms with van der Waals surface area (Å²) in [5.41, 5.74) is -3.80. The molecule has 2 rings (SSSR count). The van der Waals surface area contributed by atoms with E-state index in [0.29, 0.717) is 0 Å². The molecule has 2 aliphatic rings. The number of alkyl halides is 6. The van der Waals surface area contributed by atoms with Crippen molar-refractivity contribution in [1.29, 1.82) is 0 Å². The molecular weight excluding hydrogens is 374 g/mol. The molecule has 1 unspecified atom stereocenters. The molecule has 1 amide bonds. The molecule has 1 atom stereocenters. The van der Waals surface area contributed by atoms with E-state index in [1.807, 2.05) is 6.92 Å². The number of piperidine rings is 1. The molecule has 0 aliphatic carbocycles. The Labute approximate surface area is 148 Å². The first-order valence-electron chi connectivity index (χ1n) is 8.10. The maximum atomic E-state index is 13.0. The third kappa shape index (κ3) is 4.53. The Morgan fingerprint density at radius 3 is 2.12 bits per heavy atom. The Kier molecular flexibility index (Phi) is 7.06. The quantitative estimate of drug-likeness (QED) is 0.736. The fourth-order valence-corrected chi connectivity index (χ4v) is 3.63. The van der Waals surface area contributed by atoms with Gasteiger partial charge in [0.1, 0.15) is 0 Å². The number of hydrogen-bond donors (Lipinski definition) is 1. The Morgan fingerprint density at radius 2 is 1.68 bits per heavy atom. The Hall–Kier alpha value is -0.700. The van der Waals surface area contributed by atoms with Crippen molar-refractivity contribution in [3.05, 3.63) is 0 Å². The van der Waals surface area contributed by atoms with E-state index in [1.54, 1.807) is 0 Å². The van der Waals surface area contributed by atoms with Gasteiger partial charge in [-0.2, -0.15) is 26.3 Å². The standard InChI is InChI=1S/C15H22F6N2O.ClH/c1-10(11-2-5-22-6-3-11)8-12(24)23-7-4-13(9-23,14(16,17)18)15(19,20)21;/h10-11,22H,2-9H2,1H3;1H. The van der Waals surface area contributed by atoms with Crippen molar-refractivity contribution in [2.75, 3.05) is 26.2 Å². The zero-order valence-electron chi connectivity index (χ0n) is 13.8. The third-order valence-electron chi connectivity index (χ3n) is 5.39. The van der Waals surface area contributed by atoms with E-state index in [9.17, 15) is 31.1 Å². The van der Waals surface area contributed by atoms with Crippen molar-refractivity contribution in [2.24, 2.45) is 17.3 Å². The van der Waals surface area contributed by atoms with Gasteiger partial charge >= 0.3 is 12.4 Å². The van der Waals surface area contributed by atoms with Gasteiger partial charge in [-0.05, 0) is 44.2 Å². The minimum atomic E-state index is -5.42. The van der Waals surface area contributed by atoms with Gasteiger partial charge in [-0.25, -0.2) is 0 Å². The summed E-state index contributed by atoms with van der Waals surface area (Å²) in [4.78, 5) is 13.0. The lowest BCUT2D eigenvalue weighted by molar-refractivity contribution is -0.334. The third-order valence-corrected chi connectivity index (χ3v) is 5.39. The highest BCUT2D eigenvalue weighted by Gasteiger charge is 2.72. The Morgan fingerprint density at radius 1 is 1.16 bits per heavy atom. The van der Waals surface area contributed by atoms with Crippen LogP contribution in [0.1, 0.15) is 32.6 Å². The molecule has 0 aromatic rings. The number of hydrogen-bond acceptors (Lipinski definition) is 2. The van der Waals surface area contributed by atoms with Gasteiger partial charge in [0, 0.05) is 19.5 Å². The number of halogens is 7. The molecule has 3 nitrogen and oxygen atoms in total. The minimum absolute atomic E-state index is 0. The summed E-state index contributed by atoms with van der Waals surface area (Å²) in [6, 6.07) is 0. The van der Waals surface area contributed by atoms with Crippen LogP contribution in [-0.4, -0.2) is 49.3 Å². The molecule has 0 aromatic heterocycles. The van der Waals surface area contributed by atoms with Gasteiger partial charge in [-0.3, -0.25) is 4.79 Å². The summed E-state index contributed by atoms with van der Waals surface area (Å²) in [6.07, 6.45) is -10.2. The van der Waals surface area contributed by atoms with Crippen LogP contribution < -0.4 is 5.32 Å². The molecule has 0 aromatic carbocycles. The van der Waals surface area contributed by atoms with E-state index in [-0.39, 0.29) is 30.7 Å². The van der Waals surface area contributed by atoms with Crippen LogP contribution in [0.4, 0.5) is 26.3 Å². The zero-order valence-corrected chi connectivity index (χ0v) is 14.7. The van der Waals surface area contributed by atoms with E-state index in [4.69, 9.17) is 0 Å². The molecule has 2 heterocycles. The fourth-order valence-electron chi connectivity index (χ4n) is 3.63. The van der Waals surface area contributed by atoms with E-state index < -0.39 is 43.2 Å². The molecule has 0 spiro atoms. The second-order valence-corrected chi connectivity index (χ2v) is 6.91. The lowest BCUT2D eigenvalue weighted by Crippen LogP contribution is -2.52. The van der Waals surface area contributed by atoms with Gasteiger partial charge in [0.05, 0.1) is 0 Å². The van der Waals surface area contributed by atoms with Crippen molar-refractivity contribution >= 4 is 18.3 Å². The van der Waals surface area contributed by atoms with Crippen molar-refractivity contribution in [3.63, 3.8) is 0 Å². The number of nitrogens with zero attached hydrogens (tertiary/aromatic N) is 1. The molecule has 10 heteroatoms. The first-order chi connectivity index (χ1) is 11.0. The van der Waals surface area contributed by atoms with E-state index in [2.05, 4.69) is 5.32 Å². The fraction of sp³-hybridized carbons (Fsp3) is 0.933. The van der Waals surface area contributed by atoms with E-state index in [0.717, 1.165) is 30.8 Å². The van der Waals surface area contributed by atoms with Crippen LogP contribution in [0.2, 0.25) is 0 Å². The average molecular weight is 397 g/mol. The molecule has 148 valence electrons. The van der Waals surface area contributed by atoms with Crippen molar-refractivity contribution < 1.29 is 31.1 Å². The van der Waals surface area contributed by atoms with Crippen LogP contribution in [0, 0.1) is 17.3 Å². The summed E-state index contributed by atoms with van der Waals surface area (Å²) in [7, 11) is 0. The lowest BCUT2D eigenvalue weighted by Gasteiger charge is -2.34. The highest BCUT2D eigenvalue weighted by molar-refractivity contribution is 5.85. The SMILES string of the molecule is CC(CC(=O)N1CCC(C(F)(F)F)(C(F)(F)F)C1)C1CCNCC1.Cl. The number of nitrogens with one attached hydrogen (secondary N) is 1. The van der Waals surface area contributed by atoms with E-state index >= 15 is 0 Å². The highest BCUT2D eigenvalue weighted by Crippen LogP contribution is 2.55. The Bertz CT molecular complexity index is 448. The lowest BCUT2D eigenvalue weighted by atomic mass is 9.83. The molecule has 0 radical (unpaired) electrons. The second kappa shape index (κ2) is 7.90. The average Bonchev–Trinajstić information content (AvgIpc) is 2.94. The van der Waals surface area contributed by atoms with Gasteiger partial charge in [-0.15, -0.1) is 12.4 Å². The smallest absolute Gasteiger partial charge is 0.341 e. The maximum Gasteiger partial charge on any atom is 0.404 e. The van der Waals surface area contributed by atoms with E-state index in [1.165, 1.54) is 0 Å². The number of carbonyl (C=O) groups is 1. The maximum absolute atomic E-state index is 13.0. The number of carbonyl (C=O) groups excluding carboxylic acids is 1. The van der Waals surface area contributed by atoms with Crippen LogP contribution in [0.3, 0.4) is 0 Å². The molecule has 2 saturated heterocycles. The summed E-state index contributed by atoms with van der Waals surface area (Å²) in [5.74, 6) is -0.393. The molecular formula is C15H23ClF6N2O. The van der Waals surface area contributed by atoms with Gasteiger partial charge in [0.15, 0.2) is 5.41 Å². The Balaban J connectivity index is 0.00000312. The molecule has 1 N–H and O–H groups in total. The topological polar surface area (TPSA) is 32.3 Å². The molecule has 25 heavy (non-hydrogen) atoms. The second-order valence-electron chi connectivity index (χ2n) is 6.91. The van der Waals surface area contributed by atoms with Gasteiger partial charge in [-0.1, -0.05) is 6.92 Å². The molecule has 0 bridgehead atoms. The van der Waals surface area contributed by atoms with Crippen LogP contribution in [0.5, 0.6) is 0 Å². The number of amides is 1. The molecule has 2 aliphatic heterocycles. The molecule has 2 fully saturated rings. The summed E-state index contributed by atoms with van der Waals surface area (Å²) in [6.45, 7) is 1.65. The van der Waals surface area contributed by atoms with Crippen molar-refractivity contribution in [1.82, 2.24) is 10.2 Å². The largest absolute Gasteiger partial charge is 0.404 e. The zero-order chi connectivity index (χ0) is 18.2. The van der Waals surface area contributed by atoms with Crippen LogP contribution in [0.25, 0.3) is 0 Å². The predicted molar refractivity (Wildman–Crippen MR) is 82.4 cm³/mol. The first kappa shape index (κ1) is 22.3. The first-order valence-corrected chi connectivity index (χ1v) is 8.10.